The molecular formula is C31H36BrN3O5S. The van der Waals surface area contributed by atoms with Crippen LogP contribution in [-0.4, -0.2) is 50.9 Å². The van der Waals surface area contributed by atoms with E-state index in [1.54, 1.807) is 43.3 Å². The van der Waals surface area contributed by atoms with E-state index in [1.165, 1.54) is 24.1 Å². The number of ether oxygens (including phenoxy) is 1. The highest BCUT2D eigenvalue weighted by molar-refractivity contribution is 9.10. The molecule has 4 rings (SSSR count). The smallest absolute Gasteiger partial charge is 0.264 e. The van der Waals surface area contributed by atoms with Crippen LogP contribution in [0.4, 0.5) is 5.69 Å². The molecule has 3 aromatic carbocycles. The zero-order chi connectivity index (χ0) is 29.6. The summed E-state index contributed by atoms with van der Waals surface area (Å²) in [6, 6.07) is 19.8. The summed E-state index contributed by atoms with van der Waals surface area (Å²) in [6.45, 7) is 3.20. The minimum absolute atomic E-state index is 0.0604. The van der Waals surface area contributed by atoms with E-state index in [2.05, 4.69) is 21.2 Å². The normalized spacial score (nSPS) is 14.3. The number of carbonyl (C=O) groups excluding carboxylic acids is 2. The molecule has 0 heterocycles. The first-order valence-corrected chi connectivity index (χ1v) is 15.9. The Labute approximate surface area is 250 Å². The first kappa shape index (κ1) is 30.6. The van der Waals surface area contributed by atoms with Gasteiger partial charge in [0.1, 0.15) is 18.3 Å². The van der Waals surface area contributed by atoms with Gasteiger partial charge in [-0.25, -0.2) is 8.42 Å². The predicted molar refractivity (Wildman–Crippen MR) is 163 cm³/mol. The van der Waals surface area contributed by atoms with Gasteiger partial charge in [-0.2, -0.15) is 0 Å². The molecule has 0 saturated heterocycles. The lowest BCUT2D eigenvalue weighted by atomic mass is 10.1. The maximum absolute atomic E-state index is 14.1. The molecule has 1 aliphatic carbocycles. The van der Waals surface area contributed by atoms with E-state index < -0.39 is 28.5 Å². The average Bonchev–Trinajstić information content (AvgIpc) is 3.48. The molecule has 1 saturated carbocycles. The van der Waals surface area contributed by atoms with Gasteiger partial charge in [0.25, 0.3) is 10.0 Å². The number of carbonyl (C=O) groups is 2. The van der Waals surface area contributed by atoms with E-state index in [1.807, 2.05) is 31.2 Å². The fourth-order valence-electron chi connectivity index (χ4n) is 4.89. The number of methoxy groups -OCH3 is 1. The summed E-state index contributed by atoms with van der Waals surface area (Å²) in [7, 11) is -2.65. The van der Waals surface area contributed by atoms with Crippen LogP contribution >= 0.6 is 15.9 Å². The molecule has 218 valence electrons. The van der Waals surface area contributed by atoms with E-state index in [0.29, 0.717) is 5.75 Å². The Morgan fingerprint density at radius 2 is 1.68 bits per heavy atom. The molecule has 0 spiro atoms. The van der Waals surface area contributed by atoms with Crippen LogP contribution in [0.1, 0.15) is 43.7 Å². The van der Waals surface area contributed by atoms with Gasteiger partial charge in [0.2, 0.25) is 11.8 Å². The number of benzene rings is 3. The second-order valence-electron chi connectivity index (χ2n) is 10.3. The zero-order valence-corrected chi connectivity index (χ0v) is 25.9. The van der Waals surface area contributed by atoms with Crippen molar-refractivity contribution in [1.82, 2.24) is 10.2 Å². The van der Waals surface area contributed by atoms with Gasteiger partial charge >= 0.3 is 0 Å². The van der Waals surface area contributed by atoms with E-state index in [4.69, 9.17) is 4.74 Å². The third-order valence-electron chi connectivity index (χ3n) is 7.36. The number of amides is 2. The highest BCUT2D eigenvalue weighted by Crippen LogP contribution is 2.28. The van der Waals surface area contributed by atoms with Gasteiger partial charge in [-0.15, -0.1) is 0 Å². The van der Waals surface area contributed by atoms with Crippen molar-refractivity contribution in [2.75, 3.05) is 18.0 Å². The lowest BCUT2D eigenvalue weighted by Crippen LogP contribution is -2.52. The fourth-order valence-corrected chi connectivity index (χ4v) is 6.56. The third kappa shape index (κ3) is 7.68. The Morgan fingerprint density at radius 1 is 1.02 bits per heavy atom. The monoisotopic (exact) mass is 641 g/mol. The molecule has 0 radical (unpaired) electrons. The van der Waals surface area contributed by atoms with Crippen LogP contribution < -0.4 is 14.4 Å². The van der Waals surface area contributed by atoms with Gasteiger partial charge in [-0.3, -0.25) is 13.9 Å². The van der Waals surface area contributed by atoms with Crippen molar-refractivity contribution < 1.29 is 22.7 Å². The van der Waals surface area contributed by atoms with Crippen molar-refractivity contribution in [1.29, 1.82) is 0 Å². The van der Waals surface area contributed by atoms with Crippen molar-refractivity contribution in [3.8, 4) is 5.75 Å². The lowest BCUT2D eigenvalue weighted by Gasteiger charge is -2.32. The second-order valence-corrected chi connectivity index (χ2v) is 13.1. The van der Waals surface area contributed by atoms with Crippen molar-refractivity contribution >= 4 is 43.5 Å². The maximum atomic E-state index is 14.1. The quantitative estimate of drug-likeness (QED) is 0.301. The summed E-state index contributed by atoms with van der Waals surface area (Å²) >= 11 is 3.43. The van der Waals surface area contributed by atoms with Crippen LogP contribution in [-0.2, 0) is 26.2 Å². The summed E-state index contributed by atoms with van der Waals surface area (Å²) in [4.78, 5) is 28.9. The second kappa shape index (κ2) is 13.5. The minimum Gasteiger partial charge on any atom is -0.497 e. The topological polar surface area (TPSA) is 96.0 Å². The molecule has 8 nitrogen and oxygen atoms in total. The first-order valence-electron chi connectivity index (χ1n) is 13.7. The van der Waals surface area contributed by atoms with Gasteiger partial charge < -0.3 is 15.0 Å². The number of hydrogen-bond donors (Lipinski definition) is 1. The van der Waals surface area contributed by atoms with Gasteiger partial charge in [-0.1, -0.05) is 64.7 Å². The summed E-state index contributed by atoms with van der Waals surface area (Å²) in [5.41, 5.74) is 2.01. The predicted octanol–water partition coefficient (Wildman–Crippen LogP) is 5.44. The number of sulfonamides is 1. The van der Waals surface area contributed by atoms with Crippen molar-refractivity contribution in [2.45, 2.75) is 63.1 Å². The number of aryl methyl sites for hydroxylation is 1. The van der Waals surface area contributed by atoms with Crippen LogP contribution in [0.25, 0.3) is 0 Å². The maximum Gasteiger partial charge on any atom is 0.264 e. The number of nitrogens with one attached hydrogen (secondary N) is 1. The number of nitrogens with zero attached hydrogens (tertiary/aromatic N) is 2. The molecule has 0 aromatic heterocycles. The molecule has 1 N–H and O–H groups in total. The van der Waals surface area contributed by atoms with E-state index in [0.717, 1.165) is 45.6 Å². The standard InChI is InChI=1S/C31H36BrN3O5S/c1-22-11-17-29(18-12-22)41(38,39)35(27-9-6-10-28(19-27)40-3)21-30(36)34(20-24-13-15-25(32)16-14-24)23(2)31(37)33-26-7-4-5-8-26/h6,9-19,23,26H,4-5,7-8,20-21H2,1-3H3,(H,33,37)/t23-/m0/s1. The van der Waals surface area contributed by atoms with Gasteiger partial charge in [0.05, 0.1) is 17.7 Å². The molecule has 0 aliphatic heterocycles. The molecular weight excluding hydrogens is 606 g/mol. The van der Waals surface area contributed by atoms with Crippen molar-refractivity contribution in [3.05, 3.63) is 88.4 Å². The fraction of sp³-hybridized carbons (Fsp3) is 0.355. The summed E-state index contributed by atoms with van der Waals surface area (Å²) in [5, 5.41) is 3.08. The van der Waals surface area contributed by atoms with Crippen LogP contribution in [0.5, 0.6) is 5.75 Å². The van der Waals surface area contributed by atoms with E-state index >= 15 is 0 Å². The van der Waals surface area contributed by atoms with Crippen molar-refractivity contribution in [2.24, 2.45) is 0 Å². The van der Waals surface area contributed by atoms with E-state index in [-0.39, 0.29) is 29.1 Å². The number of hydrogen-bond acceptors (Lipinski definition) is 5. The largest absolute Gasteiger partial charge is 0.497 e. The molecule has 1 fully saturated rings. The summed E-state index contributed by atoms with van der Waals surface area (Å²) < 4.78 is 35.2. The van der Waals surface area contributed by atoms with Gasteiger partial charge in [0.15, 0.2) is 0 Å². The number of rotatable bonds is 11. The Balaban J connectivity index is 1.69. The molecule has 10 heteroatoms. The molecule has 41 heavy (non-hydrogen) atoms. The summed E-state index contributed by atoms with van der Waals surface area (Å²) in [6.07, 6.45) is 3.95. The number of anilines is 1. The lowest BCUT2D eigenvalue weighted by molar-refractivity contribution is -0.139. The molecule has 1 aliphatic rings. The molecule has 1 atom stereocenters. The average molecular weight is 643 g/mol. The SMILES string of the molecule is COc1cccc(N(CC(=O)N(Cc2ccc(Br)cc2)[C@@H](C)C(=O)NC2CCCC2)S(=O)(=O)c2ccc(C)cc2)c1. The molecule has 0 bridgehead atoms. The Bertz CT molecular complexity index is 1460. The van der Waals surface area contributed by atoms with E-state index in [9.17, 15) is 18.0 Å². The first-order chi connectivity index (χ1) is 19.6. The molecule has 3 aromatic rings. The Morgan fingerprint density at radius 3 is 2.32 bits per heavy atom. The van der Waals surface area contributed by atoms with Crippen LogP contribution in [0.2, 0.25) is 0 Å². The van der Waals surface area contributed by atoms with Gasteiger partial charge in [-0.05, 0) is 68.7 Å². The van der Waals surface area contributed by atoms with Crippen LogP contribution in [0, 0.1) is 6.92 Å². The molecule has 0 unspecified atom stereocenters. The zero-order valence-electron chi connectivity index (χ0n) is 23.5. The van der Waals surface area contributed by atoms with Crippen LogP contribution in [0.15, 0.2) is 82.2 Å². The highest BCUT2D eigenvalue weighted by atomic mass is 79.9. The Kier molecular flexibility index (Phi) is 10.1. The minimum atomic E-state index is -4.14. The Hall–Kier alpha value is -3.37. The van der Waals surface area contributed by atoms with Crippen molar-refractivity contribution in [3.63, 3.8) is 0 Å². The molecule has 2 amide bonds. The number of halogens is 1. The van der Waals surface area contributed by atoms with Gasteiger partial charge in [0, 0.05) is 23.1 Å². The highest BCUT2D eigenvalue weighted by Gasteiger charge is 2.33. The summed E-state index contributed by atoms with van der Waals surface area (Å²) in [5.74, 6) is -0.299. The third-order valence-corrected chi connectivity index (χ3v) is 9.68. The van der Waals surface area contributed by atoms with Crippen LogP contribution in [0.3, 0.4) is 0 Å².